The molecule has 0 radical (unpaired) electrons. The van der Waals surface area contributed by atoms with Crippen molar-refractivity contribution in [2.24, 2.45) is 0 Å². The maximum Gasteiger partial charge on any atom is 0.0541 e. The van der Waals surface area contributed by atoms with Crippen molar-refractivity contribution in [2.45, 2.75) is 19.3 Å². The number of hydrogen-bond donors (Lipinski definition) is 0. The van der Waals surface area contributed by atoms with E-state index in [1.165, 1.54) is 82.6 Å². The van der Waals surface area contributed by atoms with Gasteiger partial charge in [-0.05, 0) is 109 Å². The van der Waals surface area contributed by atoms with Gasteiger partial charge in [0.15, 0.2) is 0 Å². The molecule has 0 amide bonds. The number of rotatable bonds is 8. The summed E-state index contributed by atoms with van der Waals surface area (Å²) in [7, 11) is 0. The molecule has 0 bridgehead atoms. The Hall–Kier alpha value is -8.72. The Morgan fingerprint density at radius 1 is 0.333 bits per heavy atom. The first-order chi connectivity index (χ1) is 34.0. The minimum atomic E-state index is -0.136. The van der Waals surface area contributed by atoms with Crippen LogP contribution in [0.1, 0.15) is 25.0 Å². The van der Waals surface area contributed by atoms with E-state index in [4.69, 9.17) is 0 Å². The van der Waals surface area contributed by atoms with E-state index in [2.05, 4.69) is 278 Å². The Bertz CT molecular complexity index is 3930. The second-order valence-electron chi connectivity index (χ2n) is 18.8. The lowest BCUT2D eigenvalue weighted by atomic mass is 9.82. The zero-order chi connectivity index (χ0) is 46.1. The van der Waals surface area contributed by atoms with E-state index in [-0.39, 0.29) is 5.41 Å². The zero-order valence-electron chi connectivity index (χ0n) is 38.6. The highest BCUT2D eigenvalue weighted by molar-refractivity contribution is 6.12. The van der Waals surface area contributed by atoms with E-state index in [1.54, 1.807) is 0 Å². The molecular weight excluding hydrogens is 833 g/mol. The molecular formula is C67H48N2. The third-order valence-corrected chi connectivity index (χ3v) is 14.6. The molecule has 2 nitrogen and oxygen atoms in total. The number of fused-ring (bicyclic) bond motifs is 7. The lowest BCUT2D eigenvalue weighted by molar-refractivity contribution is 0.660. The van der Waals surface area contributed by atoms with Gasteiger partial charge in [-0.3, -0.25) is 0 Å². The second-order valence-corrected chi connectivity index (χ2v) is 18.8. The highest BCUT2D eigenvalue weighted by atomic mass is 15.1. The van der Waals surface area contributed by atoms with E-state index in [0.29, 0.717) is 0 Å². The highest BCUT2D eigenvalue weighted by Crippen LogP contribution is 2.55. The summed E-state index contributed by atoms with van der Waals surface area (Å²) in [5, 5.41) is 4.90. The molecule has 0 aliphatic heterocycles. The van der Waals surface area contributed by atoms with Gasteiger partial charge in [-0.2, -0.15) is 0 Å². The summed E-state index contributed by atoms with van der Waals surface area (Å²) in [6, 6.07) is 93.8. The van der Waals surface area contributed by atoms with Gasteiger partial charge in [-0.25, -0.2) is 0 Å². The Kier molecular flexibility index (Phi) is 9.55. The van der Waals surface area contributed by atoms with E-state index < -0.39 is 0 Å². The van der Waals surface area contributed by atoms with Crippen LogP contribution >= 0.6 is 0 Å². The quantitative estimate of drug-likeness (QED) is 0.148. The van der Waals surface area contributed by atoms with Crippen LogP contribution in [0, 0.1) is 0 Å². The topological polar surface area (TPSA) is 8.17 Å². The molecule has 0 saturated heterocycles. The van der Waals surface area contributed by atoms with Crippen molar-refractivity contribution in [1.82, 2.24) is 4.57 Å². The molecule has 326 valence electrons. The minimum Gasteiger partial charge on any atom is -0.309 e. The maximum absolute atomic E-state index is 2.55. The first-order valence-corrected chi connectivity index (χ1v) is 24.0. The van der Waals surface area contributed by atoms with Crippen LogP contribution < -0.4 is 4.90 Å². The molecule has 1 aromatic heterocycles. The van der Waals surface area contributed by atoms with Crippen LogP contribution in [0.25, 0.3) is 93.9 Å². The Morgan fingerprint density at radius 2 is 0.841 bits per heavy atom. The number of para-hydroxylation sites is 5. The molecule has 0 saturated carbocycles. The van der Waals surface area contributed by atoms with Crippen molar-refractivity contribution >= 4 is 49.6 Å². The number of aromatic nitrogens is 1. The van der Waals surface area contributed by atoms with Crippen LogP contribution in [-0.2, 0) is 5.41 Å². The SMILES string of the molecule is CC1(C)c2ccccc2-c2c(-c3ccccc3N(c3ccccc3-c3ccc4c(c3)c3ccccc3n4-c3ccccc3)c3ccccc3-c3cccc4cccc(-c5ccccc5)c34)cccc21. The first kappa shape index (κ1) is 40.5. The molecule has 1 heterocycles. The Labute approximate surface area is 403 Å². The van der Waals surface area contributed by atoms with Gasteiger partial charge in [-0.1, -0.05) is 220 Å². The molecule has 69 heavy (non-hydrogen) atoms. The number of benzene rings is 11. The zero-order valence-corrected chi connectivity index (χ0v) is 38.6. The van der Waals surface area contributed by atoms with Crippen LogP contribution in [0.3, 0.4) is 0 Å². The Morgan fingerprint density at radius 3 is 1.58 bits per heavy atom. The fourth-order valence-corrected chi connectivity index (χ4v) is 11.5. The van der Waals surface area contributed by atoms with Gasteiger partial charge < -0.3 is 9.47 Å². The van der Waals surface area contributed by atoms with Gasteiger partial charge in [0.05, 0.1) is 28.1 Å². The van der Waals surface area contributed by atoms with Crippen LogP contribution in [-0.4, -0.2) is 4.57 Å². The highest BCUT2D eigenvalue weighted by Gasteiger charge is 2.37. The molecule has 0 atom stereocenters. The molecule has 11 aromatic carbocycles. The van der Waals surface area contributed by atoms with Crippen LogP contribution in [0.4, 0.5) is 17.1 Å². The molecule has 0 spiro atoms. The molecule has 12 aromatic rings. The van der Waals surface area contributed by atoms with Crippen molar-refractivity contribution in [2.75, 3.05) is 4.90 Å². The summed E-state index contributed by atoms with van der Waals surface area (Å²) in [6.07, 6.45) is 0. The van der Waals surface area contributed by atoms with Gasteiger partial charge in [0.1, 0.15) is 0 Å². The smallest absolute Gasteiger partial charge is 0.0541 e. The predicted molar refractivity (Wildman–Crippen MR) is 292 cm³/mol. The molecule has 0 fully saturated rings. The molecule has 2 heteroatoms. The number of hydrogen-bond acceptors (Lipinski definition) is 1. The number of nitrogens with zero attached hydrogens (tertiary/aromatic N) is 2. The third kappa shape index (κ3) is 6.48. The van der Waals surface area contributed by atoms with Crippen LogP contribution in [0.5, 0.6) is 0 Å². The maximum atomic E-state index is 2.55. The summed E-state index contributed by atoms with van der Waals surface area (Å²) in [5.74, 6) is 0. The Balaban J connectivity index is 1.09. The van der Waals surface area contributed by atoms with Crippen molar-refractivity contribution in [3.05, 3.63) is 266 Å². The summed E-state index contributed by atoms with van der Waals surface area (Å²) in [6.45, 7) is 4.74. The summed E-state index contributed by atoms with van der Waals surface area (Å²) in [5.41, 5.74) is 21.5. The largest absolute Gasteiger partial charge is 0.309 e. The average molecular weight is 881 g/mol. The van der Waals surface area contributed by atoms with Crippen LogP contribution in [0.15, 0.2) is 255 Å². The monoisotopic (exact) mass is 880 g/mol. The van der Waals surface area contributed by atoms with Crippen molar-refractivity contribution < 1.29 is 0 Å². The van der Waals surface area contributed by atoms with Gasteiger partial charge in [0.25, 0.3) is 0 Å². The lowest BCUT2D eigenvalue weighted by Crippen LogP contribution is -2.15. The van der Waals surface area contributed by atoms with E-state index >= 15 is 0 Å². The molecule has 0 N–H and O–H groups in total. The van der Waals surface area contributed by atoms with Crippen LogP contribution in [0.2, 0.25) is 0 Å². The van der Waals surface area contributed by atoms with E-state index in [9.17, 15) is 0 Å². The molecule has 1 aliphatic rings. The normalized spacial score (nSPS) is 12.6. The fraction of sp³-hybridized carbons (Fsp3) is 0.0448. The first-order valence-electron chi connectivity index (χ1n) is 24.0. The van der Waals surface area contributed by atoms with Crippen molar-refractivity contribution in [1.29, 1.82) is 0 Å². The molecule has 13 rings (SSSR count). The average Bonchev–Trinajstić information content (AvgIpc) is 3.87. The molecule has 0 unspecified atom stereocenters. The standard InChI is InChI=1S/C67H48N2/c1-67(2)58-36-14-9-32-56(58)66-55(35-21-37-59(66)67)52-30-12-18-41-63(52)69(62-40-17-11-29-51(62)54-34-20-25-46-24-19-33-50(65(46)54)45-22-5-3-6-23-45)60-38-15-10-28-49(60)47-42-43-64-57(44-47)53-31-13-16-39-61(53)68(64)48-26-7-4-8-27-48/h3-44H,1-2H3. The summed E-state index contributed by atoms with van der Waals surface area (Å²) >= 11 is 0. The summed E-state index contributed by atoms with van der Waals surface area (Å²) in [4.78, 5) is 2.55. The van der Waals surface area contributed by atoms with E-state index in [1.807, 2.05) is 0 Å². The van der Waals surface area contributed by atoms with Crippen molar-refractivity contribution in [3.8, 4) is 61.3 Å². The predicted octanol–water partition coefficient (Wildman–Crippen LogP) is 18.4. The summed E-state index contributed by atoms with van der Waals surface area (Å²) < 4.78 is 2.39. The van der Waals surface area contributed by atoms with Gasteiger partial charge in [-0.15, -0.1) is 0 Å². The lowest BCUT2D eigenvalue weighted by Gasteiger charge is -2.32. The number of anilines is 3. The second kappa shape index (κ2) is 16.3. The minimum absolute atomic E-state index is 0.136. The van der Waals surface area contributed by atoms with Gasteiger partial charge in [0.2, 0.25) is 0 Å². The van der Waals surface area contributed by atoms with Gasteiger partial charge in [0, 0.05) is 38.6 Å². The molecule has 1 aliphatic carbocycles. The third-order valence-electron chi connectivity index (χ3n) is 14.6. The van der Waals surface area contributed by atoms with E-state index in [0.717, 1.165) is 39.4 Å². The van der Waals surface area contributed by atoms with Crippen molar-refractivity contribution in [3.63, 3.8) is 0 Å². The fourth-order valence-electron chi connectivity index (χ4n) is 11.5. The van der Waals surface area contributed by atoms with Gasteiger partial charge >= 0.3 is 0 Å².